The van der Waals surface area contributed by atoms with E-state index >= 15 is 0 Å². The van der Waals surface area contributed by atoms with Gasteiger partial charge in [-0.3, -0.25) is 13.9 Å². The number of aryl methyl sites for hydroxylation is 3. The molecule has 0 saturated heterocycles. The molecule has 7 nitrogen and oxygen atoms in total. The maximum Gasteiger partial charge on any atom is 0.264 e. The zero-order chi connectivity index (χ0) is 29.6. The lowest BCUT2D eigenvalue weighted by Crippen LogP contribution is -2.52. The monoisotopic (exact) mass is 627 g/mol. The molecule has 0 aliphatic carbocycles. The van der Waals surface area contributed by atoms with Crippen LogP contribution in [0.25, 0.3) is 0 Å². The van der Waals surface area contributed by atoms with Gasteiger partial charge in [0.05, 0.1) is 10.6 Å². The van der Waals surface area contributed by atoms with Gasteiger partial charge in [-0.1, -0.05) is 70.4 Å². The molecule has 0 fully saturated rings. The zero-order valence-electron chi connectivity index (χ0n) is 23.9. The summed E-state index contributed by atoms with van der Waals surface area (Å²) >= 11 is 3.43. The summed E-state index contributed by atoms with van der Waals surface area (Å²) in [6.07, 6.45) is 0.744. The van der Waals surface area contributed by atoms with E-state index in [-0.39, 0.29) is 23.4 Å². The lowest BCUT2D eigenvalue weighted by molar-refractivity contribution is -0.139. The summed E-state index contributed by atoms with van der Waals surface area (Å²) in [7, 11) is -4.10. The summed E-state index contributed by atoms with van der Waals surface area (Å²) in [5, 5.41) is 2.95. The highest BCUT2D eigenvalue weighted by molar-refractivity contribution is 9.10. The van der Waals surface area contributed by atoms with Crippen molar-refractivity contribution in [1.82, 2.24) is 10.2 Å². The number of carbonyl (C=O) groups is 2. The Kier molecular flexibility index (Phi) is 10.6. The minimum Gasteiger partial charge on any atom is -0.352 e. The Labute approximate surface area is 246 Å². The van der Waals surface area contributed by atoms with Crippen molar-refractivity contribution in [2.45, 2.75) is 71.5 Å². The summed E-state index contributed by atoms with van der Waals surface area (Å²) in [6, 6.07) is 18.6. The van der Waals surface area contributed by atoms with Gasteiger partial charge >= 0.3 is 0 Å². The second-order valence-electron chi connectivity index (χ2n) is 10.3. The fourth-order valence-corrected chi connectivity index (χ4v) is 6.01. The first-order valence-electron chi connectivity index (χ1n) is 13.3. The van der Waals surface area contributed by atoms with E-state index in [9.17, 15) is 18.0 Å². The van der Waals surface area contributed by atoms with Crippen LogP contribution in [-0.4, -0.2) is 43.8 Å². The van der Waals surface area contributed by atoms with Crippen molar-refractivity contribution in [2.24, 2.45) is 0 Å². The van der Waals surface area contributed by atoms with E-state index in [1.54, 1.807) is 37.3 Å². The molecule has 0 heterocycles. The SMILES string of the molecule is CC[C@H](C)NC(=O)[C@@H](C)N(Cc1ccc(Br)cc1)C(=O)CN(c1ccc(C)cc1C)S(=O)(=O)c1ccc(C)cc1. The predicted octanol–water partition coefficient (Wildman–Crippen LogP) is 5.90. The lowest BCUT2D eigenvalue weighted by Gasteiger charge is -2.33. The summed E-state index contributed by atoms with van der Waals surface area (Å²) in [5.74, 6) is -0.773. The number of nitrogens with one attached hydrogen (secondary N) is 1. The van der Waals surface area contributed by atoms with Crippen LogP contribution in [0.5, 0.6) is 0 Å². The van der Waals surface area contributed by atoms with Crippen LogP contribution in [0.3, 0.4) is 0 Å². The molecular weight excluding hydrogens is 590 g/mol. The Hall–Kier alpha value is -3.17. The standard InChI is InChI=1S/C31H38BrN3O4S/c1-7-24(5)33-31(37)25(6)34(19-26-11-13-27(32)14-12-26)30(36)20-35(29-17-10-22(3)18-23(29)4)40(38,39)28-15-8-21(2)9-16-28/h8-18,24-25H,7,19-20H2,1-6H3,(H,33,37)/t24-,25+/m0/s1. The van der Waals surface area contributed by atoms with Crippen molar-refractivity contribution in [1.29, 1.82) is 0 Å². The highest BCUT2D eigenvalue weighted by atomic mass is 79.9. The Morgan fingerprint density at radius 3 is 2.08 bits per heavy atom. The van der Waals surface area contributed by atoms with E-state index in [2.05, 4.69) is 21.2 Å². The summed E-state index contributed by atoms with van der Waals surface area (Å²) < 4.78 is 30.0. The van der Waals surface area contributed by atoms with Gasteiger partial charge in [-0.05, 0) is 82.5 Å². The molecule has 0 spiro atoms. The van der Waals surface area contributed by atoms with E-state index in [4.69, 9.17) is 0 Å². The number of halogens is 1. The van der Waals surface area contributed by atoms with Crippen LogP contribution in [-0.2, 0) is 26.2 Å². The molecule has 0 radical (unpaired) electrons. The highest BCUT2D eigenvalue weighted by Crippen LogP contribution is 2.28. The fourth-order valence-electron chi connectivity index (χ4n) is 4.27. The summed E-state index contributed by atoms with van der Waals surface area (Å²) in [6.45, 7) is 10.9. The molecule has 0 bridgehead atoms. The van der Waals surface area contributed by atoms with E-state index in [1.807, 2.05) is 71.0 Å². The molecule has 2 atom stereocenters. The van der Waals surface area contributed by atoms with Crippen LogP contribution in [0.15, 0.2) is 76.1 Å². The van der Waals surface area contributed by atoms with Crippen LogP contribution in [0.2, 0.25) is 0 Å². The van der Waals surface area contributed by atoms with E-state index < -0.39 is 28.5 Å². The molecule has 3 aromatic rings. The van der Waals surface area contributed by atoms with Crippen LogP contribution in [0, 0.1) is 20.8 Å². The van der Waals surface area contributed by atoms with Crippen molar-refractivity contribution in [2.75, 3.05) is 10.8 Å². The maximum atomic E-state index is 14.0. The number of sulfonamides is 1. The first kappa shape index (κ1) is 31.4. The third-order valence-corrected chi connectivity index (χ3v) is 9.25. The van der Waals surface area contributed by atoms with Gasteiger partial charge in [0.2, 0.25) is 11.8 Å². The van der Waals surface area contributed by atoms with Crippen molar-refractivity contribution < 1.29 is 18.0 Å². The minimum absolute atomic E-state index is 0.0618. The molecule has 0 aliphatic rings. The van der Waals surface area contributed by atoms with E-state index in [0.717, 1.165) is 37.5 Å². The maximum absolute atomic E-state index is 14.0. The average molecular weight is 629 g/mol. The normalized spacial score (nSPS) is 12.9. The number of rotatable bonds is 11. The zero-order valence-corrected chi connectivity index (χ0v) is 26.3. The van der Waals surface area contributed by atoms with Gasteiger partial charge in [0.1, 0.15) is 12.6 Å². The Balaban J connectivity index is 2.05. The number of benzene rings is 3. The van der Waals surface area contributed by atoms with Crippen molar-refractivity contribution in [3.05, 3.63) is 93.5 Å². The van der Waals surface area contributed by atoms with Gasteiger partial charge in [0.25, 0.3) is 10.0 Å². The third kappa shape index (κ3) is 7.73. The van der Waals surface area contributed by atoms with Crippen molar-refractivity contribution >= 4 is 43.5 Å². The second kappa shape index (κ2) is 13.5. The van der Waals surface area contributed by atoms with Crippen LogP contribution in [0.4, 0.5) is 5.69 Å². The predicted molar refractivity (Wildman–Crippen MR) is 164 cm³/mol. The van der Waals surface area contributed by atoms with Crippen LogP contribution in [0.1, 0.15) is 49.4 Å². The van der Waals surface area contributed by atoms with Crippen molar-refractivity contribution in [3.63, 3.8) is 0 Å². The molecule has 0 unspecified atom stereocenters. The molecule has 214 valence electrons. The van der Waals surface area contributed by atoms with E-state index in [0.29, 0.717) is 5.69 Å². The average Bonchev–Trinajstić information content (AvgIpc) is 2.91. The van der Waals surface area contributed by atoms with Gasteiger partial charge in [-0.2, -0.15) is 0 Å². The second-order valence-corrected chi connectivity index (χ2v) is 13.0. The smallest absolute Gasteiger partial charge is 0.264 e. The molecule has 40 heavy (non-hydrogen) atoms. The number of anilines is 1. The molecule has 3 rings (SSSR count). The molecule has 0 saturated carbocycles. The van der Waals surface area contributed by atoms with Crippen LogP contribution >= 0.6 is 15.9 Å². The molecule has 2 amide bonds. The summed E-state index contributed by atoms with van der Waals surface area (Å²) in [4.78, 5) is 28.7. The topological polar surface area (TPSA) is 86.8 Å². The molecular formula is C31H38BrN3O4S. The molecule has 0 aromatic heterocycles. The molecule has 1 N–H and O–H groups in total. The molecule has 3 aromatic carbocycles. The number of hydrogen-bond donors (Lipinski definition) is 1. The Morgan fingerprint density at radius 1 is 0.900 bits per heavy atom. The minimum atomic E-state index is -4.10. The third-order valence-electron chi connectivity index (χ3n) is 6.94. The number of amides is 2. The van der Waals surface area contributed by atoms with Gasteiger partial charge < -0.3 is 10.2 Å². The van der Waals surface area contributed by atoms with E-state index in [1.165, 1.54) is 4.90 Å². The first-order chi connectivity index (χ1) is 18.8. The lowest BCUT2D eigenvalue weighted by atomic mass is 10.1. The van der Waals surface area contributed by atoms with Gasteiger partial charge in [-0.15, -0.1) is 0 Å². The quantitative estimate of drug-likeness (QED) is 0.287. The molecule has 9 heteroatoms. The Morgan fingerprint density at radius 2 is 1.50 bits per heavy atom. The van der Waals surface area contributed by atoms with Gasteiger partial charge in [0.15, 0.2) is 0 Å². The van der Waals surface area contributed by atoms with Crippen molar-refractivity contribution in [3.8, 4) is 0 Å². The largest absolute Gasteiger partial charge is 0.352 e. The first-order valence-corrected chi connectivity index (χ1v) is 15.6. The molecule has 0 aliphatic heterocycles. The fraction of sp³-hybridized carbons (Fsp3) is 0.355. The van der Waals surface area contributed by atoms with Crippen LogP contribution < -0.4 is 9.62 Å². The Bertz CT molecular complexity index is 1440. The number of hydrogen-bond acceptors (Lipinski definition) is 4. The number of carbonyl (C=O) groups excluding carboxylic acids is 2. The number of nitrogens with zero attached hydrogens (tertiary/aromatic N) is 2. The summed E-state index contributed by atoms with van der Waals surface area (Å²) in [5.41, 5.74) is 3.87. The highest BCUT2D eigenvalue weighted by Gasteiger charge is 2.33. The van der Waals surface area contributed by atoms with Gasteiger partial charge in [-0.25, -0.2) is 8.42 Å². The van der Waals surface area contributed by atoms with Gasteiger partial charge in [0, 0.05) is 17.1 Å².